The molecule has 1 saturated heterocycles. The Kier molecular flexibility index (Phi) is 3.90. The van der Waals surface area contributed by atoms with Crippen LogP contribution in [0.5, 0.6) is 0 Å². The molecule has 12 heavy (non-hydrogen) atoms. The number of nitrogens with two attached hydrogens (primary N) is 1. The maximum absolute atomic E-state index is 10.6. The molecular formula is C4H10N2O5S. The third kappa shape index (κ3) is 5.86. The molecule has 8 heteroatoms. The highest BCUT2D eigenvalue weighted by molar-refractivity contribution is 7.91. The highest BCUT2D eigenvalue weighted by Gasteiger charge is 2.24. The fraction of sp³-hybridized carbons (Fsp3) is 1.00. The Morgan fingerprint density at radius 3 is 2.08 bits per heavy atom. The fourth-order valence-electron chi connectivity index (χ4n) is 0.824. The van der Waals surface area contributed by atoms with Crippen molar-refractivity contribution in [3.05, 3.63) is 10.1 Å². The van der Waals surface area contributed by atoms with E-state index in [9.17, 15) is 8.42 Å². The molecule has 1 atom stereocenters. The molecule has 0 aromatic rings. The van der Waals surface area contributed by atoms with Crippen LogP contribution in [-0.4, -0.2) is 36.3 Å². The zero-order valence-electron chi connectivity index (χ0n) is 6.21. The summed E-state index contributed by atoms with van der Waals surface area (Å²) >= 11 is 0. The van der Waals surface area contributed by atoms with E-state index in [4.69, 9.17) is 21.1 Å². The smallest absolute Gasteiger partial charge is 0.291 e. The second kappa shape index (κ2) is 4.21. The van der Waals surface area contributed by atoms with Crippen molar-refractivity contribution in [1.29, 1.82) is 0 Å². The van der Waals surface area contributed by atoms with Crippen molar-refractivity contribution < 1.29 is 18.7 Å². The highest BCUT2D eigenvalue weighted by Crippen LogP contribution is 2.07. The number of hydrogen-bond acceptors (Lipinski definition) is 5. The molecule has 1 unspecified atom stereocenters. The van der Waals surface area contributed by atoms with E-state index in [1.165, 1.54) is 0 Å². The van der Waals surface area contributed by atoms with Crippen LogP contribution in [0.15, 0.2) is 0 Å². The summed E-state index contributed by atoms with van der Waals surface area (Å²) in [5.74, 6) is 0.473. The van der Waals surface area contributed by atoms with Crippen LogP contribution in [0, 0.1) is 10.1 Å². The van der Waals surface area contributed by atoms with E-state index in [0.717, 1.165) is 0 Å². The average molecular weight is 198 g/mol. The predicted octanol–water partition coefficient (Wildman–Crippen LogP) is -1.22. The third-order valence-corrected chi connectivity index (χ3v) is 3.06. The number of hydrogen-bond donors (Lipinski definition) is 2. The Labute approximate surface area is 69.2 Å². The first-order chi connectivity index (χ1) is 5.33. The lowest BCUT2D eigenvalue weighted by atomic mass is 10.3. The van der Waals surface area contributed by atoms with Gasteiger partial charge in [0.05, 0.1) is 11.5 Å². The molecule has 72 valence electrons. The largest absolute Gasteiger partial charge is 0.328 e. The third-order valence-electron chi connectivity index (χ3n) is 1.27. The van der Waals surface area contributed by atoms with E-state index in [0.29, 0.717) is 6.42 Å². The topological polar surface area (TPSA) is 124 Å². The van der Waals surface area contributed by atoms with E-state index in [2.05, 4.69) is 0 Å². The number of sulfone groups is 1. The van der Waals surface area contributed by atoms with Gasteiger partial charge in [-0.05, 0) is 6.42 Å². The Bertz CT molecular complexity index is 244. The molecule has 0 aromatic heterocycles. The summed E-state index contributed by atoms with van der Waals surface area (Å²) in [5.41, 5.74) is 5.33. The van der Waals surface area contributed by atoms with Gasteiger partial charge in [-0.1, -0.05) is 0 Å². The van der Waals surface area contributed by atoms with Crippen molar-refractivity contribution in [3.8, 4) is 0 Å². The minimum absolute atomic E-state index is 0.0972. The number of rotatable bonds is 0. The van der Waals surface area contributed by atoms with Gasteiger partial charge in [0.25, 0.3) is 5.09 Å². The van der Waals surface area contributed by atoms with Crippen molar-refractivity contribution in [2.24, 2.45) is 5.73 Å². The van der Waals surface area contributed by atoms with Crippen LogP contribution in [-0.2, 0) is 9.84 Å². The molecule has 3 N–H and O–H groups in total. The van der Waals surface area contributed by atoms with Gasteiger partial charge in [-0.25, -0.2) is 8.42 Å². The minimum atomic E-state index is -2.72. The van der Waals surface area contributed by atoms with Gasteiger partial charge < -0.3 is 10.9 Å². The summed E-state index contributed by atoms with van der Waals surface area (Å²) in [6.07, 6.45) is 0.641. The Hall–Kier alpha value is -0.890. The van der Waals surface area contributed by atoms with Gasteiger partial charge in [0.15, 0.2) is 9.84 Å². The average Bonchev–Trinajstić information content (AvgIpc) is 2.07. The maximum Gasteiger partial charge on any atom is 0.291 e. The standard InChI is InChI=1S/C4H9NO2S.HNO3/c5-4-1-2-8(6,7)3-4;2-1(3)4/h4H,1-3,5H2;(H,2,3,4). The molecule has 0 spiro atoms. The monoisotopic (exact) mass is 198 g/mol. The molecule has 0 aliphatic carbocycles. The molecular weight excluding hydrogens is 188 g/mol. The van der Waals surface area contributed by atoms with Crippen LogP contribution in [0.1, 0.15) is 6.42 Å². The lowest BCUT2D eigenvalue weighted by Crippen LogP contribution is -2.20. The SMILES string of the molecule is NC1CCS(=O)(=O)C1.O=[N+]([O-])O. The summed E-state index contributed by atoms with van der Waals surface area (Å²) in [5, 5.41) is 13.6. The molecule has 0 bridgehead atoms. The molecule has 1 rings (SSSR count). The first kappa shape index (κ1) is 11.1. The molecule has 1 fully saturated rings. The molecule has 0 radical (unpaired) electrons. The fourth-order valence-corrected chi connectivity index (χ4v) is 2.47. The predicted molar refractivity (Wildman–Crippen MR) is 40.0 cm³/mol. The summed E-state index contributed by atoms with van der Waals surface area (Å²) in [4.78, 5) is 8.36. The van der Waals surface area contributed by atoms with Gasteiger partial charge in [0.2, 0.25) is 0 Å². The van der Waals surface area contributed by atoms with Crippen LogP contribution in [0.3, 0.4) is 0 Å². The highest BCUT2D eigenvalue weighted by atomic mass is 32.2. The number of nitrogens with zero attached hydrogens (tertiary/aromatic N) is 1. The van der Waals surface area contributed by atoms with E-state index < -0.39 is 14.9 Å². The molecule has 1 heterocycles. The lowest BCUT2D eigenvalue weighted by molar-refractivity contribution is -0.742. The summed E-state index contributed by atoms with van der Waals surface area (Å²) in [6, 6.07) is -0.0972. The Morgan fingerprint density at radius 1 is 1.58 bits per heavy atom. The molecule has 0 amide bonds. The Morgan fingerprint density at radius 2 is 2.00 bits per heavy atom. The van der Waals surface area contributed by atoms with Gasteiger partial charge in [-0.3, -0.25) is 0 Å². The molecule has 1 aliphatic rings. The van der Waals surface area contributed by atoms with Crippen molar-refractivity contribution in [2.45, 2.75) is 12.5 Å². The van der Waals surface area contributed by atoms with Gasteiger partial charge in [-0.2, -0.15) is 0 Å². The van der Waals surface area contributed by atoms with Crippen molar-refractivity contribution in [1.82, 2.24) is 0 Å². The molecule has 7 nitrogen and oxygen atoms in total. The minimum Gasteiger partial charge on any atom is -0.328 e. The molecule has 1 aliphatic heterocycles. The zero-order valence-corrected chi connectivity index (χ0v) is 7.03. The second-order valence-corrected chi connectivity index (χ2v) is 4.63. The van der Waals surface area contributed by atoms with Crippen molar-refractivity contribution in [3.63, 3.8) is 0 Å². The van der Waals surface area contributed by atoms with Crippen molar-refractivity contribution >= 4 is 9.84 Å². The van der Waals surface area contributed by atoms with Crippen LogP contribution < -0.4 is 5.73 Å². The summed E-state index contributed by atoms with van der Waals surface area (Å²) < 4.78 is 21.1. The molecule has 0 saturated carbocycles. The van der Waals surface area contributed by atoms with E-state index in [1.54, 1.807) is 0 Å². The van der Waals surface area contributed by atoms with E-state index in [1.807, 2.05) is 0 Å². The maximum atomic E-state index is 10.6. The van der Waals surface area contributed by atoms with Gasteiger partial charge in [0.1, 0.15) is 0 Å². The first-order valence-corrected chi connectivity index (χ1v) is 4.95. The zero-order chi connectivity index (χ0) is 9.78. The van der Waals surface area contributed by atoms with Crippen LogP contribution in [0.4, 0.5) is 0 Å². The molecule has 0 aromatic carbocycles. The van der Waals surface area contributed by atoms with Crippen LogP contribution in [0.2, 0.25) is 0 Å². The van der Waals surface area contributed by atoms with Gasteiger partial charge in [0, 0.05) is 6.04 Å². The quantitative estimate of drug-likeness (QED) is 0.371. The van der Waals surface area contributed by atoms with E-state index >= 15 is 0 Å². The van der Waals surface area contributed by atoms with Gasteiger partial charge >= 0.3 is 0 Å². The summed E-state index contributed by atoms with van der Waals surface area (Å²) in [6.45, 7) is 0. The summed E-state index contributed by atoms with van der Waals surface area (Å²) in [7, 11) is -2.72. The lowest BCUT2D eigenvalue weighted by Gasteiger charge is -1.91. The van der Waals surface area contributed by atoms with E-state index in [-0.39, 0.29) is 17.5 Å². The van der Waals surface area contributed by atoms with Crippen molar-refractivity contribution in [2.75, 3.05) is 11.5 Å². The Balaban J connectivity index is 0.000000261. The van der Waals surface area contributed by atoms with Crippen LogP contribution in [0.25, 0.3) is 0 Å². The normalized spacial score (nSPS) is 25.6. The van der Waals surface area contributed by atoms with Gasteiger partial charge in [-0.15, -0.1) is 10.1 Å². The second-order valence-electron chi connectivity index (χ2n) is 2.40. The van der Waals surface area contributed by atoms with Crippen LogP contribution >= 0.6 is 0 Å². The first-order valence-electron chi connectivity index (χ1n) is 3.13.